The summed E-state index contributed by atoms with van der Waals surface area (Å²) < 4.78 is 0. The molecule has 0 aromatic rings. The van der Waals surface area contributed by atoms with Gasteiger partial charge >= 0.3 is 0 Å². The van der Waals surface area contributed by atoms with Crippen LogP contribution in [0.25, 0.3) is 0 Å². The maximum absolute atomic E-state index is 10.6. The van der Waals surface area contributed by atoms with E-state index >= 15 is 0 Å². The lowest BCUT2D eigenvalue weighted by Crippen LogP contribution is -2.59. The van der Waals surface area contributed by atoms with Gasteiger partial charge in [0.15, 0.2) is 5.11 Å². The van der Waals surface area contributed by atoms with Gasteiger partial charge in [-0.2, -0.15) is 0 Å². The van der Waals surface area contributed by atoms with Crippen LogP contribution in [0.5, 0.6) is 0 Å². The molecule has 0 rings (SSSR count). The maximum Gasteiger partial charge on any atom is 0.171 e. The predicted molar refractivity (Wildman–Crippen MR) is 160 cm³/mol. The molecule has 0 bridgehead atoms. The van der Waals surface area contributed by atoms with E-state index in [0.717, 1.165) is 0 Å². The lowest BCUT2D eigenvalue weighted by Gasteiger charge is -2.40. The van der Waals surface area contributed by atoms with Gasteiger partial charge in [-0.25, -0.2) is 0 Å². The second kappa shape index (κ2) is 22.7. The molecule has 0 amide bonds. The van der Waals surface area contributed by atoms with Crippen molar-refractivity contribution in [2.75, 3.05) is 52.6 Å². The largest absolute Gasteiger partial charge is 0.394 e. The fourth-order valence-electron chi connectivity index (χ4n) is 4.25. The molecule has 0 saturated carbocycles. The number of aliphatic hydroxyl groups excluding tert-OH is 20. The highest BCUT2D eigenvalue weighted by molar-refractivity contribution is 7.80. The van der Waals surface area contributed by atoms with Crippen LogP contribution in [0.1, 0.15) is 0 Å². The molecule has 16 unspecified atom stereocenters. The highest BCUT2D eigenvalue weighted by Gasteiger charge is 2.39. The van der Waals surface area contributed by atoms with Crippen LogP contribution in [0, 0.1) is 0 Å². The molecule has 0 aliphatic carbocycles. The van der Waals surface area contributed by atoms with E-state index in [0.29, 0.717) is 9.80 Å². The van der Waals surface area contributed by atoms with Gasteiger partial charge < -0.3 is 112 Å². The molecule has 0 saturated heterocycles. The van der Waals surface area contributed by atoms with Crippen LogP contribution in [-0.2, 0) is 0 Å². The summed E-state index contributed by atoms with van der Waals surface area (Å²) in [6.45, 7) is -8.19. The van der Waals surface area contributed by atoms with E-state index in [1.807, 2.05) is 0 Å². The second-order valence-electron chi connectivity index (χ2n) is 11.3. The summed E-state index contributed by atoms with van der Waals surface area (Å²) >= 11 is 5.35. The van der Waals surface area contributed by atoms with Crippen molar-refractivity contribution < 1.29 is 102 Å². The average molecular weight is 733 g/mol. The van der Waals surface area contributed by atoms with Crippen molar-refractivity contribution in [3.05, 3.63) is 0 Å². The smallest absolute Gasteiger partial charge is 0.171 e. The van der Waals surface area contributed by atoms with Gasteiger partial charge in [0.1, 0.15) is 97.7 Å². The molecule has 0 radical (unpaired) electrons. The standard InChI is InChI=1S/C25H52N2O20S/c28-5-13(36)21(44)17(40)9(32)1-26(2-10(33)18(41)22(45)14(37)6-29)25(48)27(3-11(34)19(42)23(46)15(38)7-30)4-12(35)20(43)24(47)16(39)8-31/h9-24,28-47H,1-8H2. The maximum atomic E-state index is 10.6. The van der Waals surface area contributed by atoms with Crippen LogP contribution in [0.4, 0.5) is 0 Å². The summed E-state index contributed by atoms with van der Waals surface area (Å²) in [4.78, 5) is 1.37. The molecule has 20 N–H and O–H groups in total. The minimum absolute atomic E-state index is 0.684. The zero-order valence-corrected chi connectivity index (χ0v) is 26.5. The van der Waals surface area contributed by atoms with Crippen LogP contribution in [0.15, 0.2) is 0 Å². The van der Waals surface area contributed by atoms with E-state index in [-0.39, 0.29) is 0 Å². The van der Waals surface area contributed by atoms with Gasteiger partial charge in [-0.1, -0.05) is 0 Å². The quantitative estimate of drug-likeness (QED) is 0.0409. The van der Waals surface area contributed by atoms with Gasteiger partial charge in [0.25, 0.3) is 0 Å². The molecular weight excluding hydrogens is 680 g/mol. The van der Waals surface area contributed by atoms with Gasteiger partial charge in [-0.3, -0.25) is 0 Å². The Bertz CT molecular complexity index is 761. The summed E-state index contributed by atoms with van der Waals surface area (Å²) in [7, 11) is 0. The Kier molecular flexibility index (Phi) is 22.1. The van der Waals surface area contributed by atoms with Crippen molar-refractivity contribution in [2.24, 2.45) is 0 Å². The first-order valence-corrected chi connectivity index (χ1v) is 15.0. The Morgan fingerprint density at radius 1 is 0.312 bits per heavy atom. The molecule has 288 valence electrons. The molecule has 0 spiro atoms. The van der Waals surface area contributed by atoms with Crippen LogP contribution in [0.2, 0.25) is 0 Å². The van der Waals surface area contributed by atoms with Crippen molar-refractivity contribution in [1.29, 1.82) is 0 Å². The third-order valence-electron chi connectivity index (χ3n) is 7.47. The van der Waals surface area contributed by atoms with Crippen LogP contribution in [-0.4, -0.2) is 267 Å². The zero-order chi connectivity index (χ0) is 37.6. The molecule has 0 aromatic carbocycles. The Hall–Kier alpha value is -1.11. The topological polar surface area (TPSA) is 411 Å². The summed E-state index contributed by atoms with van der Waals surface area (Å²) in [5.41, 5.74) is 0. The molecule has 22 nitrogen and oxygen atoms in total. The SMILES string of the molecule is OCC(O)C(O)C(O)C(O)CN(CC(O)C(O)C(O)C(O)CO)C(=S)N(CC(O)C(O)C(O)C(O)CO)CC(O)C(O)C(O)C(O)CO. The first-order valence-electron chi connectivity index (χ1n) is 14.6. The monoisotopic (exact) mass is 732 g/mol. The summed E-state index contributed by atoms with van der Waals surface area (Å²) in [5, 5.41) is 198. The molecule has 23 heteroatoms. The van der Waals surface area contributed by atoms with Crippen LogP contribution >= 0.6 is 12.2 Å². The van der Waals surface area contributed by atoms with Crippen molar-refractivity contribution in [3.63, 3.8) is 0 Å². The first-order chi connectivity index (χ1) is 22.2. The number of hydrogen-bond donors (Lipinski definition) is 20. The van der Waals surface area contributed by atoms with Gasteiger partial charge in [-0.15, -0.1) is 0 Å². The zero-order valence-electron chi connectivity index (χ0n) is 25.6. The van der Waals surface area contributed by atoms with Gasteiger partial charge in [0.2, 0.25) is 0 Å². The van der Waals surface area contributed by atoms with Gasteiger partial charge in [-0.05, 0) is 12.2 Å². The molecular formula is C25H52N2O20S. The summed E-state index contributed by atoms with van der Waals surface area (Å²) in [6.07, 6.45) is -34.2. The second-order valence-corrected chi connectivity index (χ2v) is 11.7. The highest BCUT2D eigenvalue weighted by Crippen LogP contribution is 2.16. The first kappa shape index (κ1) is 46.9. The Morgan fingerprint density at radius 2 is 0.458 bits per heavy atom. The normalized spacial score (nSPS) is 22.4. The number of aliphatic hydroxyl groups is 20. The molecule has 0 fully saturated rings. The van der Waals surface area contributed by atoms with E-state index in [1.54, 1.807) is 0 Å². The molecule has 0 aliphatic heterocycles. The van der Waals surface area contributed by atoms with Crippen LogP contribution in [0.3, 0.4) is 0 Å². The average Bonchev–Trinajstić information content (AvgIpc) is 3.09. The van der Waals surface area contributed by atoms with Crippen LogP contribution < -0.4 is 0 Å². The van der Waals surface area contributed by atoms with Crippen molar-refractivity contribution in [2.45, 2.75) is 97.7 Å². The Balaban J connectivity index is 6.71. The van der Waals surface area contributed by atoms with Crippen molar-refractivity contribution >= 4 is 17.3 Å². The van der Waals surface area contributed by atoms with E-state index < -0.39 is 155 Å². The van der Waals surface area contributed by atoms with Crippen molar-refractivity contribution in [1.82, 2.24) is 9.80 Å². The lowest BCUT2D eigenvalue weighted by atomic mass is 10.0. The molecule has 0 aliphatic rings. The molecule has 48 heavy (non-hydrogen) atoms. The predicted octanol–water partition coefficient (Wildman–Crippen LogP) is -12.4. The number of hydrogen-bond acceptors (Lipinski definition) is 21. The van der Waals surface area contributed by atoms with E-state index in [1.165, 1.54) is 0 Å². The lowest BCUT2D eigenvalue weighted by molar-refractivity contribution is -0.129. The van der Waals surface area contributed by atoms with E-state index in [9.17, 15) is 81.7 Å². The minimum atomic E-state index is -2.25. The fourth-order valence-corrected chi connectivity index (χ4v) is 4.55. The molecule has 0 aromatic heterocycles. The summed E-state index contributed by atoms with van der Waals surface area (Å²) in [6, 6.07) is 0. The van der Waals surface area contributed by atoms with Gasteiger partial charge in [0, 0.05) is 26.2 Å². The fraction of sp³-hybridized carbons (Fsp3) is 0.960. The Labute approximate surface area is 279 Å². The summed E-state index contributed by atoms with van der Waals surface area (Å²) in [5.74, 6) is 0. The minimum Gasteiger partial charge on any atom is -0.394 e. The van der Waals surface area contributed by atoms with Crippen molar-refractivity contribution in [3.8, 4) is 0 Å². The van der Waals surface area contributed by atoms with E-state index in [2.05, 4.69) is 0 Å². The number of nitrogens with zero attached hydrogens (tertiary/aromatic N) is 2. The molecule has 16 atom stereocenters. The molecule has 0 heterocycles. The number of thiocarbonyl (C=S) groups is 1. The Morgan fingerprint density at radius 3 is 0.604 bits per heavy atom. The number of rotatable bonds is 24. The van der Waals surface area contributed by atoms with Gasteiger partial charge in [0.05, 0.1) is 26.4 Å². The third-order valence-corrected chi connectivity index (χ3v) is 7.99. The third kappa shape index (κ3) is 13.9. The van der Waals surface area contributed by atoms with E-state index in [4.69, 9.17) is 32.6 Å². The highest BCUT2D eigenvalue weighted by atomic mass is 32.1.